The van der Waals surface area contributed by atoms with E-state index in [1.54, 1.807) is 0 Å². The maximum absolute atomic E-state index is 5.36. The summed E-state index contributed by atoms with van der Waals surface area (Å²) >= 11 is 5.36. The zero-order valence-corrected chi connectivity index (χ0v) is 11.7. The van der Waals surface area contributed by atoms with Crippen LogP contribution in [0.2, 0.25) is 0 Å². The number of imidazole rings is 1. The average molecular weight is 273 g/mol. The number of hydrogen-bond acceptors (Lipinski definition) is 3. The fourth-order valence-corrected chi connectivity index (χ4v) is 2.44. The standard InChI is InChI=1S/C13H15N5S/c1-9-3-4-11-12(14-9)18(13(19)15-11)8-6-10-5-7-17(2)16-10/h3-5,7H,6,8H2,1-2H3,(H,15,19). The highest BCUT2D eigenvalue weighted by Gasteiger charge is 2.07. The van der Waals surface area contributed by atoms with Crippen molar-refractivity contribution >= 4 is 23.4 Å². The second-order valence-electron chi connectivity index (χ2n) is 4.64. The van der Waals surface area contributed by atoms with E-state index in [1.807, 2.05) is 47.6 Å². The van der Waals surface area contributed by atoms with Gasteiger partial charge in [0, 0.05) is 31.9 Å². The Morgan fingerprint density at radius 1 is 1.32 bits per heavy atom. The Bertz CT molecular complexity index is 780. The van der Waals surface area contributed by atoms with Gasteiger partial charge in [-0.1, -0.05) is 0 Å². The number of nitrogens with one attached hydrogen (secondary N) is 1. The molecule has 1 N–H and O–H groups in total. The third kappa shape index (κ3) is 2.31. The molecule has 0 saturated carbocycles. The predicted molar refractivity (Wildman–Crippen MR) is 76.6 cm³/mol. The number of pyridine rings is 1. The summed E-state index contributed by atoms with van der Waals surface area (Å²) in [7, 11) is 1.92. The van der Waals surface area contributed by atoms with Crippen molar-refractivity contribution in [2.24, 2.45) is 7.05 Å². The fourth-order valence-electron chi connectivity index (χ4n) is 2.16. The molecule has 3 aromatic rings. The topological polar surface area (TPSA) is 51.4 Å². The number of aryl methyl sites for hydroxylation is 4. The molecule has 0 amide bonds. The molecule has 98 valence electrons. The summed E-state index contributed by atoms with van der Waals surface area (Å²) in [5, 5.41) is 4.38. The molecule has 0 aliphatic rings. The molecular formula is C13H15N5S. The fraction of sp³-hybridized carbons (Fsp3) is 0.308. The van der Waals surface area contributed by atoms with E-state index in [0.717, 1.165) is 35.5 Å². The Morgan fingerprint density at radius 2 is 2.16 bits per heavy atom. The van der Waals surface area contributed by atoms with Crippen molar-refractivity contribution < 1.29 is 0 Å². The van der Waals surface area contributed by atoms with E-state index in [4.69, 9.17) is 12.2 Å². The van der Waals surface area contributed by atoms with Crippen molar-refractivity contribution in [3.05, 3.63) is 40.6 Å². The summed E-state index contributed by atoms with van der Waals surface area (Å²) in [6.07, 6.45) is 2.80. The van der Waals surface area contributed by atoms with Crippen molar-refractivity contribution in [2.45, 2.75) is 19.9 Å². The molecule has 0 bridgehead atoms. The van der Waals surface area contributed by atoms with Gasteiger partial charge in [0.05, 0.1) is 11.2 Å². The molecule has 19 heavy (non-hydrogen) atoms. The van der Waals surface area contributed by atoms with Crippen LogP contribution in [0.5, 0.6) is 0 Å². The zero-order valence-electron chi connectivity index (χ0n) is 10.9. The highest BCUT2D eigenvalue weighted by Crippen LogP contribution is 2.13. The molecule has 0 unspecified atom stereocenters. The van der Waals surface area contributed by atoms with Crippen molar-refractivity contribution in [1.29, 1.82) is 0 Å². The first kappa shape index (κ1) is 12.1. The van der Waals surface area contributed by atoms with Crippen LogP contribution in [0.25, 0.3) is 11.2 Å². The van der Waals surface area contributed by atoms with E-state index in [9.17, 15) is 0 Å². The minimum Gasteiger partial charge on any atom is -0.329 e. The highest BCUT2D eigenvalue weighted by atomic mass is 32.1. The zero-order chi connectivity index (χ0) is 13.4. The van der Waals surface area contributed by atoms with Gasteiger partial charge < -0.3 is 9.55 Å². The first-order valence-electron chi connectivity index (χ1n) is 6.18. The molecule has 3 aromatic heterocycles. The van der Waals surface area contributed by atoms with Gasteiger partial charge in [-0.3, -0.25) is 4.68 Å². The summed E-state index contributed by atoms with van der Waals surface area (Å²) < 4.78 is 4.56. The van der Waals surface area contributed by atoms with Crippen molar-refractivity contribution in [2.75, 3.05) is 0 Å². The molecule has 3 heterocycles. The number of hydrogen-bond donors (Lipinski definition) is 1. The van der Waals surface area contributed by atoms with E-state index < -0.39 is 0 Å². The Morgan fingerprint density at radius 3 is 2.89 bits per heavy atom. The van der Waals surface area contributed by atoms with Crippen LogP contribution in [0.15, 0.2) is 24.4 Å². The SMILES string of the molecule is Cc1ccc2[nH]c(=S)n(CCc3ccn(C)n3)c2n1. The summed E-state index contributed by atoms with van der Waals surface area (Å²) in [5.74, 6) is 0. The maximum Gasteiger partial charge on any atom is 0.179 e. The van der Waals surface area contributed by atoms with Gasteiger partial charge in [-0.25, -0.2) is 4.98 Å². The third-order valence-electron chi connectivity index (χ3n) is 3.12. The Labute approximate surface area is 115 Å². The lowest BCUT2D eigenvalue weighted by atomic mass is 10.3. The number of aromatic amines is 1. The molecule has 0 aliphatic carbocycles. The van der Waals surface area contributed by atoms with Gasteiger partial charge in [0.15, 0.2) is 10.4 Å². The molecule has 0 aromatic carbocycles. The molecule has 0 spiro atoms. The van der Waals surface area contributed by atoms with Crippen LogP contribution in [0.4, 0.5) is 0 Å². The maximum atomic E-state index is 5.36. The van der Waals surface area contributed by atoms with E-state index in [-0.39, 0.29) is 0 Å². The van der Waals surface area contributed by atoms with Crippen molar-refractivity contribution in [1.82, 2.24) is 24.3 Å². The molecule has 0 radical (unpaired) electrons. The van der Waals surface area contributed by atoms with Crippen LogP contribution >= 0.6 is 12.2 Å². The number of nitrogens with zero attached hydrogens (tertiary/aromatic N) is 4. The van der Waals surface area contributed by atoms with Crippen LogP contribution in [0.1, 0.15) is 11.4 Å². The molecule has 5 nitrogen and oxygen atoms in total. The van der Waals surface area contributed by atoms with Gasteiger partial charge in [0.2, 0.25) is 0 Å². The van der Waals surface area contributed by atoms with Crippen LogP contribution in [-0.2, 0) is 20.0 Å². The minimum atomic E-state index is 0.712. The van der Waals surface area contributed by atoms with E-state index in [1.165, 1.54) is 0 Å². The van der Waals surface area contributed by atoms with Crippen LogP contribution in [-0.4, -0.2) is 24.3 Å². The molecule has 0 atom stereocenters. The number of rotatable bonds is 3. The highest BCUT2D eigenvalue weighted by molar-refractivity contribution is 7.71. The second-order valence-corrected chi connectivity index (χ2v) is 5.02. The molecule has 0 fully saturated rings. The lowest BCUT2D eigenvalue weighted by Gasteiger charge is -2.02. The van der Waals surface area contributed by atoms with Crippen LogP contribution in [0.3, 0.4) is 0 Å². The summed E-state index contributed by atoms with van der Waals surface area (Å²) in [4.78, 5) is 7.74. The average Bonchev–Trinajstić information content (AvgIpc) is 2.90. The molecule has 0 saturated heterocycles. The third-order valence-corrected chi connectivity index (χ3v) is 3.44. The van der Waals surface area contributed by atoms with Crippen LogP contribution < -0.4 is 0 Å². The first-order valence-corrected chi connectivity index (χ1v) is 6.59. The molecular weight excluding hydrogens is 258 g/mol. The van der Waals surface area contributed by atoms with Gasteiger partial charge in [-0.2, -0.15) is 5.10 Å². The Hall–Kier alpha value is -1.95. The monoisotopic (exact) mass is 273 g/mol. The summed E-state index contributed by atoms with van der Waals surface area (Å²) in [6, 6.07) is 6.03. The van der Waals surface area contributed by atoms with Gasteiger partial charge in [-0.15, -0.1) is 0 Å². The minimum absolute atomic E-state index is 0.712. The second kappa shape index (κ2) is 4.62. The van der Waals surface area contributed by atoms with Gasteiger partial charge >= 0.3 is 0 Å². The Kier molecular flexibility index (Phi) is 2.94. The van der Waals surface area contributed by atoms with E-state index in [0.29, 0.717) is 4.77 Å². The number of aromatic nitrogens is 5. The molecule has 6 heteroatoms. The van der Waals surface area contributed by atoms with Crippen LogP contribution in [0, 0.1) is 11.7 Å². The first-order chi connectivity index (χ1) is 9.13. The smallest absolute Gasteiger partial charge is 0.179 e. The molecule has 0 aliphatic heterocycles. The quantitative estimate of drug-likeness (QED) is 0.745. The number of H-pyrrole nitrogens is 1. The summed E-state index contributed by atoms with van der Waals surface area (Å²) in [5.41, 5.74) is 3.96. The number of fused-ring (bicyclic) bond motifs is 1. The molecule has 3 rings (SSSR count). The predicted octanol–water partition coefficient (Wildman–Crippen LogP) is 2.38. The largest absolute Gasteiger partial charge is 0.329 e. The van der Waals surface area contributed by atoms with Gasteiger partial charge in [0.1, 0.15) is 0 Å². The van der Waals surface area contributed by atoms with Gasteiger partial charge in [0.25, 0.3) is 0 Å². The lowest BCUT2D eigenvalue weighted by molar-refractivity contribution is 0.667. The Balaban J connectivity index is 1.94. The van der Waals surface area contributed by atoms with Gasteiger partial charge in [-0.05, 0) is 37.3 Å². The van der Waals surface area contributed by atoms with E-state index >= 15 is 0 Å². The lowest BCUT2D eigenvalue weighted by Crippen LogP contribution is -2.03. The summed E-state index contributed by atoms with van der Waals surface area (Å²) in [6.45, 7) is 2.77. The normalized spacial score (nSPS) is 11.3. The van der Waals surface area contributed by atoms with Crippen molar-refractivity contribution in [3.8, 4) is 0 Å². The van der Waals surface area contributed by atoms with E-state index in [2.05, 4.69) is 15.1 Å². The van der Waals surface area contributed by atoms with Crippen molar-refractivity contribution in [3.63, 3.8) is 0 Å².